The summed E-state index contributed by atoms with van der Waals surface area (Å²) in [5, 5.41) is 9.26. The molecule has 3 aromatic rings. The van der Waals surface area contributed by atoms with E-state index < -0.39 is 5.97 Å². The van der Waals surface area contributed by atoms with Gasteiger partial charge in [-0.05, 0) is 30.7 Å². The van der Waals surface area contributed by atoms with Gasteiger partial charge in [0, 0.05) is 29.7 Å². The zero-order valence-electron chi connectivity index (χ0n) is 12.1. The van der Waals surface area contributed by atoms with Crippen LogP contribution in [0, 0.1) is 0 Å². The third kappa shape index (κ3) is 2.44. The molecule has 0 saturated heterocycles. The van der Waals surface area contributed by atoms with Gasteiger partial charge in [0.2, 0.25) is 0 Å². The third-order valence-corrected chi connectivity index (χ3v) is 3.35. The summed E-state index contributed by atoms with van der Waals surface area (Å²) in [6, 6.07) is 5.38. The zero-order valence-corrected chi connectivity index (χ0v) is 12.1. The second kappa shape index (κ2) is 5.95. The summed E-state index contributed by atoms with van der Waals surface area (Å²) in [7, 11) is 0. The molecule has 0 amide bonds. The summed E-state index contributed by atoms with van der Waals surface area (Å²) in [5.41, 5.74) is 3.43. The second-order valence-corrected chi connectivity index (χ2v) is 4.74. The molecular formula is C16H15N3O3. The summed E-state index contributed by atoms with van der Waals surface area (Å²) >= 11 is 0. The van der Waals surface area contributed by atoms with Gasteiger partial charge < -0.3 is 14.2 Å². The van der Waals surface area contributed by atoms with E-state index in [4.69, 9.17) is 4.74 Å². The molecule has 1 N–H and O–H groups in total. The molecule has 0 aliphatic carbocycles. The highest BCUT2D eigenvalue weighted by atomic mass is 16.5. The maximum atomic E-state index is 12.2. The number of carbonyl (C=O) groups excluding carboxylic acids is 1. The molecule has 0 spiro atoms. The summed E-state index contributed by atoms with van der Waals surface area (Å²) in [6.07, 6.45) is 6.55. The third-order valence-electron chi connectivity index (χ3n) is 3.35. The van der Waals surface area contributed by atoms with Crippen LogP contribution in [0.15, 0.2) is 43.1 Å². The molecule has 0 radical (unpaired) electrons. The number of aromatic nitrogens is 3. The number of nitrogens with zero attached hydrogens (tertiary/aromatic N) is 3. The average Bonchev–Trinajstić information content (AvgIpc) is 2.94. The van der Waals surface area contributed by atoms with Gasteiger partial charge in [0.25, 0.3) is 0 Å². The molecule has 112 valence electrons. The van der Waals surface area contributed by atoms with E-state index in [2.05, 4.69) is 9.97 Å². The Bertz CT molecular complexity index is 812. The van der Waals surface area contributed by atoms with E-state index >= 15 is 0 Å². The van der Waals surface area contributed by atoms with E-state index in [0.29, 0.717) is 17.9 Å². The van der Waals surface area contributed by atoms with E-state index in [1.807, 2.05) is 16.7 Å². The second-order valence-electron chi connectivity index (χ2n) is 4.74. The van der Waals surface area contributed by atoms with Crippen LogP contribution in [-0.2, 0) is 11.3 Å². The monoisotopic (exact) mass is 297 g/mol. The van der Waals surface area contributed by atoms with Gasteiger partial charge in [0.05, 0.1) is 24.5 Å². The number of aliphatic hydroxyl groups is 1. The van der Waals surface area contributed by atoms with Crippen LogP contribution in [0.3, 0.4) is 0 Å². The molecule has 6 heteroatoms. The van der Waals surface area contributed by atoms with Crippen LogP contribution >= 0.6 is 0 Å². The van der Waals surface area contributed by atoms with Gasteiger partial charge in [-0.25, -0.2) is 14.8 Å². The van der Waals surface area contributed by atoms with E-state index in [1.165, 1.54) is 6.33 Å². The van der Waals surface area contributed by atoms with Crippen LogP contribution in [0.1, 0.15) is 22.8 Å². The van der Waals surface area contributed by atoms with Crippen molar-refractivity contribution in [3.63, 3.8) is 0 Å². The van der Waals surface area contributed by atoms with Crippen LogP contribution in [-0.4, -0.2) is 32.1 Å². The lowest BCUT2D eigenvalue weighted by Gasteiger charge is -2.06. The molecule has 0 aliphatic rings. The predicted molar refractivity (Wildman–Crippen MR) is 80.3 cm³/mol. The minimum Gasteiger partial charge on any atom is -0.462 e. The lowest BCUT2D eigenvalue weighted by atomic mass is 10.1. The normalized spacial score (nSPS) is 10.8. The molecule has 3 aromatic heterocycles. The molecule has 0 saturated carbocycles. The van der Waals surface area contributed by atoms with Crippen molar-refractivity contribution in [1.29, 1.82) is 0 Å². The standard InChI is InChI=1S/C16H15N3O3/c1-2-22-16(21)14-6-13-5-11(9-20)3-4-19(13)15(14)12-7-17-10-18-8-12/h3-8,10,20H,2,9H2,1H3. The van der Waals surface area contributed by atoms with Crippen molar-refractivity contribution in [3.05, 3.63) is 54.2 Å². The molecule has 0 bridgehead atoms. The molecule has 0 fully saturated rings. The summed E-state index contributed by atoms with van der Waals surface area (Å²) in [6.45, 7) is 2.01. The highest BCUT2D eigenvalue weighted by Crippen LogP contribution is 2.28. The van der Waals surface area contributed by atoms with Crippen LogP contribution in [0.5, 0.6) is 0 Å². The molecule has 22 heavy (non-hydrogen) atoms. The van der Waals surface area contributed by atoms with Crippen molar-refractivity contribution in [2.24, 2.45) is 0 Å². The molecule has 0 aliphatic heterocycles. The Hall–Kier alpha value is -2.73. The molecule has 0 unspecified atom stereocenters. The number of fused-ring (bicyclic) bond motifs is 1. The first-order valence-electron chi connectivity index (χ1n) is 6.92. The van der Waals surface area contributed by atoms with Crippen molar-refractivity contribution in [2.45, 2.75) is 13.5 Å². The first-order chi connectivity index (χ1) is 10.7. The smallest absolute Gasteiger partial charge is 0.340 e. The number of pyridine rings is 1. The number of carbonyl (C=O) groups is 1. The maximum absolute atomic E-state index is 12.2. The lowest BCUT2D eigenvalue weighted by molar-refractivity contribution is 0.0527. The van der Waals surface area contributed by atoms with Gasteiger partial charge in [0.1, 0.15) is 6.33 Å². The van der Waals surface area contributed by atoms with Crippen LogP contribution in [0.4, 0.5) is 0 Å². The molecule has 6 nitrogen and oxygen atoms in total. The van der Waals surface area contributed by atoms with E-state index in [-0.39, 0.29) is 6.61 Å². The SMILES string of the molecule is CCOC(=O)c1cc2cc(CO)ccn2c1-c1cncnc1. The van der Waals surface area contributed by atoms with Gasteiger partial charge in [-0.15, -0.1) is 0 Å². The fourth-order valence-electron chi connectivity index (χ4n) is 2.40. The van der Waals surface area contributed by atoms with Crippen molar-refractivity contribution in [3.8, 4) is 11.3 Å². The van der Waals surface area contributed by atoms with Crippen molar-refractivity contribution in [1.82, 2.24) is 14.4 Å². The highest BCUT2D eigenvalue weighted by molar-refractivity contribution is 5.98. The Morgan fingerprint density at radius 2 is 2.09 bits per heavy atom. The summed E-state index contributed by atoms with van der Waals surface area (Å²) < 4.78 is 7.00. The van der Waals surface area contributed by atoms with Gasteiger partial charge in [-0.3, -0.25) is 0 Å². The Morgan fingerprint density at radius 1 is 1.32 bits per heavy atom. The maximum Gasteiger partial charge on any atom is 0.340 e. The summed E-state index contributed by atoms with van der Waals surface area (Å²) in [4.78, 5) is 20.3. The molecule has 3 rings (SSSR count). The number of ether oxygens (including phenoxy) is 1. The molecular weight excluding hydrogens is 282 g/mol. The van der Waals surface area contributed by atoms with Crippen molar-refractivity contribution in [2.75, 3.05) is 6.61 Å². The van der Waals surface area contributed by atoms with Crippen LogP contribution in [0.2, 0.25) is 0 Å². The van der Waals surface area contributed by atoms with Gasteiger partial charge in [-0.1, -0.05) is 0 Å². The number of hydrogen-bond acceptors (Lipinski definition) is 5. The van der Waals surface area contributed by atoms with Crippen molar-refractivity contribution >= 4 is 11.5 Å². The van der Waals surface area contributed by atoms with E-state index in [9.17, 15) is 9.90 Å². The number of rotatable bonds is 4. The highest BCUT2D eigenvalue weighted by Gasteiger charge is 2.19. The summed E-state index contributed by atoms with van der Waals surface area (Å²) in [5.74, 6) is -0.393. The zero-order chi connectivity index (χ0) is 15.5. The Morgan fingerprint density at radius 3 is 2.77 bits per heavy atom. The number of hydrogen-bond donors (Lipinski definition) is 1. The van der Waals surface area contributed by atoms with Crippen LogP contribution in [0.25, 0.3) is 16.8 Å². The Balaban J connectivity index is 2.26. The average molecular weight is 297 g/mol. The lowest BCUT2D eigenvalue weighted by Crippen LogP contribution is -2.05. The predicted octanol–water partition coefficient (Wildman–Crippen LogP) is 2.07. The first kappa shape index (κ1) is 14.2. The quantitative estimate of drug-likeness (QED) is 0.746. The fourth-order valence-corrected chi connectivity index (χ4v) is 2.40. The number of esters is 1. The van der Waals surface area contributed by atoms with Gasteiger partial charge >= 0.3 is 5.97 Å². The minimum absolute atomic E-state index is 0.0554. The largest absolute Gasteiger partial charge is 0.462 e. The molecule has 0 atom stereocenters. The van der Waals surface area contributed by atoms with Gasteiger partial charge in [0.15, 0.2) is 0 Å². The van der Waals surface area contributed by atoms with Crippen molar-refractivity contribution < 1.29 is 14.6 Å². The Labute approximate surface area is 127 Å². The molecule has 3 heterocycles. The Kier molecular flexibility index (Phi) is 3.84. The first-order valence-corrected chi connectivity index (χ1v) is 6.92. The number of aliphatic hydroxyl groups excluding tert-OH is 1. The van der Waals surface area contributed by atoms with E-state index in [0.717, 1.165) is 16.6 Å². The van der Waals surface area contributed by atoms with Crippen LogP contribution < -0.4 is 0 Å². The molecule has 0 aromatic carbocycles. The minimum atomic E-state index is -0.393. The fraction of sp³-hybridized carbons (Fsp3) is 0.188. The van der Waals surface area contributed by atoms with E-state index in [1.54, 1.807) is 31.5 Å². The topological polar surface area (TPSA) is 76.7 Å². The van der Waals surface area contributed by atoms with Gasteiger partial charge in [-0.2, -0.15) is 0 Å².